The lowest BCUT2D eigenvalue weighted by Crippen LogP contribution is -2.03. The Morgan fingerprint density at radius 3 is 2.60 bits per heavy atom. The van der Waals surface area contributed by atoms with Crippen LogP contribution in [0.3, 0.4) is 0 Å². The van der Waals surface area contributed by atoms with Crippen LogP contribution in [0.1, 0.15) is 10.6 Å². The molecule has 7 nitrogen and oxygen atoms in total. The smallest absolute Gasteiger partial charge is 0.374 e. The Morgan fingerprint density at radius 2 is 2.10 bits per heavy atom. The van der Waals surface area contributed by atoms with Gasteiger partial charge in [0.2, 0.25) is 5.76 Å². The van der Waals surface area contributed by atoms with Crippen LogP contribution in [0.4, 0.5) is 0 Å². The van der Waals surface area contributed by atoms with Gasteiger partial charge >= 0.3 is 5.97 Å². The molecule has 1 aromatic heterocycles. The molecule has 1 heterocycles. The monoisotopic (exact) mass is 297 g/mol. The van der Waals surface area contributed by atoms with Crippen molar-refractivity contribution in [1.82, 2.24) is 5.16 Å². The van der Waals surface area contributed by atoms with Gasteiger partial charge in [0.25, 0.3) is 0 Å². The van der Waals surface area contributed by atoms with Crippen LogP contribution < -0.4 is 4.74 Å². The molecule has 0 fully saturated rings. The molecule has 1 aromatic carbocycles. The number of rotatable bonds is 4. The predicted octanol–water partition coefficient (Wildman–Crippen LogP) is 1.45. The number of carbonyl (C=O) groups is 1. The van der Waals surface area contributed by atoms with Gasteiger partial charge in [-0.3, -0.25) is 0 Å². The van der Waals surface area contributed by atoms with Gasteiger partial charge in [0.15, 0.2) is 9.84 Å². The molecule has 0 saturated carbocycles. The second-order valence-corrected chi connectivity index (χ2v) is 5.94. The van der Waals surface area contributed by atoms with E-state index in [0.29, 0.717) is 0 Å². The van der Waals surface area contributed by atoms with Gasteiger partial charge in [0.1, 0.15) is 16.3 Å². The summed E-state index contributed by atoms with van der Waals surface area (Å²) in [5.41, 5.74) is 0.338. The van der Waals surface area contributed by atoms with E-state index in [1.54, 1.807) is 6.07 Å². The molecular formula is C12H11NO6S. The Morgan fingerprint density at radius 1 is 1.40 bits per heavy atom. The Bertz CT molecular complexity index is 762. The van der Waals surface area contributed by atoms with Crippen LogP contribution in [0.2, 0.25) is 0 Å². The maximum atomic E-state index is 11.9. The fourth-order valence-corrected chi connectivity index (χ4v) is 2.85. The van der Waals surface area contributed by atoms with Gasteiger partial charge < -0.3 is 14.4 Å². The molecule has 0 aliphatic heterocycles. The maximum Gasteiger partial charge on any atom is 0.374 e. The summed E-state index contributed by atoms with van der Waals surface area (Å²) in [7, 11) is -2.24. The summed E-state index contributed by atoms with van der Waals surface area (Å²) in [6, 6.07) is 5.74. The third kappa shape index (κ3) is 2.50. The molecule has 0 saturated heterocycles. The van der Waals surface area contributed by atoms with E-state index < -0.39 is 15.8 Å². The lowest BCUT2D eigenvalue weighted by molar-refractivity contribution is 0.0652. The number of hydrogen-bond donors (Lipinski definition) is 1. The number of methoxy groups -OCH3 is 1. The molecule has 0 amide bonds. The summed E-state index contributed by atoms with van der Waals surface area (Å²) in [5.74, 6) is -1.50. The highest BCUT2D eigenvalue weighted by Crippen LogP contribution is 2.34. The van der Waals surface area contributed by atoms with Gasteiger partial charge in [0.05, 0.1) is 7.11 Å². The lowest BCUT2D eigenvalue weighted by Gasteiger charge is -2.10. The zero-order valence-corrected chi connectivity index (χ0v) is 11.5. The van der Waals surface area contributed by atoms with E-state index in [0.717, 1.165) is 12.3 Å². The molecular weight excluding hydrogens is 286 g/mol. The van der Waals surface area contributed by atoms with Gasteiger partial charge in [-0.1, -0.05) is 17.3 Å². The number of hydrogen-bond acceptors (Lipinski definition) is 6. The summed E-state index contributed by atoms with van der Waals surface area (Å²) in [5, 5.41) is 12.4. The molecule has 0 aliphatic carbocycles. The minimum absolute atomic E-state index is 0.0623. The van der Waals surface area contributed by atoms with E-state index in [1.807, 2.05) is 0 Å². The van der Waals surface area contributed by atoms with Crippen molar-refractivity contribution in [3.8, 4) is 17.0 Å². The van der Waals surface area contributed by atoms with E-state index in [2.05, 4.69) is 9.68 Å². The minimum Gasteiger partial charge on any atom is -0.495 e. The molecule has 8 heteroatoms. The van der Waals surface area contributed by atoms with Gasteiger partial charge in [-0.2, -0.15) is 0 Å². The molecule has 20 heavy (non-hydrogen) atoms. The van der Waals surface area contributed by atoms with Gasteiger partial charge in [-0.15, -0.1) is 0 Å². The first kappa shape index (κ1) is 14.1. The van der Waals surface area contributed by atoms with Crippen LogP contribution >= 0.6 is 0 Å². The van der Waals surface area contributed by atoms with E-state index in [1.165, 1.54) is 19.2 Å². The fourth-order valence-electron chi connectivity index (χ4n) is 1.76. The summed E-state index contributed by atoms with van der Waals surface area (Å²) in [4.78, 5) is 10.7. The van der Waals surface area contributed by atoms with Crippen LogP contribution in [0.15, 0.2) is 33.7 Å². The summed E-state index contributed by atoms with van der Waals surface area (Å²) < 4.78 is 33.5. The summed E-state index contributed by atoms with van der Waals surface area (Å²) >= 11 is 0. The van der Waals surface area contributed by atoms with Crippen LogP contribution in [0, 0.1) is 0 Å². The highest BCUT2D eigenvalue weighted by Gasteiger charge is 2.23. The van der Waals surface area contributed by atoms with Crippen molar-refractivity contribution < 1.29 is 27.6 Å². The fraction of sp³-hybridized carbons (Fsp3) is 0.167. The van der Waals surface area contributed by atoms with Crippen molar-refractivity contribution in [1.29, 1.82) is 0 Å². The molecule has 0 bridgehead atoms. The second-order valence-electron chi connectivity index (χ2n) is 3.99. The third-order valence-electron chi connectivity index (χ3n) is 2.57. The predicted molar refractivity (Wildman–Crippen MR) is 68.6 cm³/mol. The Kier molecular flexibility index (Phi) is 3.49. The highest BCUT2D eigenvalue weighted by molar-refractivity contribution is 7.91. The van der Waals surface area contributed by atoms with Crippen molar-refractivity contribution >= 4 is 15.8 Å². The molecule has 106 valence electrons. The zero-order valence-electron chi connectivity index (χ0n) is 10.7. The van der Waals surface area contributed by atoms with E-state index in [4.69, 9.17) is 9.84 Å². The van der Waals surface area contributed by atoms with Crippen molar-refractivity contribution in [2.24, 2.45) is 0 Å². The molecule has 0 aliphatic rings. The average molecular weight is 297 g/mol. The maximum absolute atomic E-state index is 11.9. The Balaban J connectivity index is 2.70. The normalized spacial score (nSPS) is 11.3. The Hall–Kier alpha value is -2.35. The van der Waals surface area contributed by atoms with Gasteiger partial charge in [0, 0.05) is 17.9 Å². The zero-order chi connectivity index (χ0) is 14.9. The highest BCUT2D eigenvalue weighted by atomic mass is 32.2. The van der Waals surface area contributed by atoms with Crippen molar-refractivity contribution in [2.45, 2.75) is 4.90 Å². The van der Waals surface area contributed by atoms with Crippen molar-refractivity contribution in [2.75, 3.05) is 13.4 Å². The van der Waals surface area contributed by atoms with E-state index >= 15 is 0 Å². The first-order chi connectivity index (χ1) is 9.34. The standard InChI is InChI=1S/C12H11NO6S/c1-18-9-5-3-4-7(11(9)20(2,16)17)8-6-10(12(14)15)19-13-8/h3-6H,1-2H3,(H,14,15). The van der Waals surface area contributed by atoms with Crippen LogP contribution in [0.25, 0.3) is 11.3 Å². The minimum atomic E-state index is -3.59. The van der Waals surface area contributed by atoms with Gasteiger partial charge in [-0.25, -0.2) is 13.2 Å². The summed E-state index contributed by atoms with van der Waals surface area (Å²) in [6.07, 6.45) is 1.03. The van der Waals surface area contributed by atoms with Crippen molar-refractivity contribution in [3.63, 3.8) is 0 Å². The molecule has 0 unspecified atom stereocenters. The van der Waals surface area contributed by atoms with Crippen molar-refractivity contribution in [3.05, 3.63) is 30.0 Å². The quantitative estimate of drug-likeness (QED) is 0.910. The largest absolute Gasteiger partial charge is 0.495 e. The van der Waals surface area contributed by atoms with E-state index in [-0.39, 0.29) is 27.7 Å². The molecule has 2 rings (SSSR count). The SMILES string of the molecule is COc1cccc(-c2cc(C(=O)O)on2)c1S(C)(=O)=O. The van der Waals surface area contributed by atoms with Crippen LogP contribution in [-0.4, -0.2) is 38.0 Å². The molecule has 2 aromatic rings. The van der Waals surface area contributed by atoms with E-state index in [9.17, 15) is 13.2 Å². The van der Waals surface area contributed by atoms with Gasteiger partial charge in [-0.05, 0) is 6.07 Å². The topological polar surface area (TPSA) is 107 Å². The number of ether oxygens (including phenoxy) is 1. The molecule has 1 N–H and O–H groups in total. The number of sulfone groups is 1. The molecule has 0 atom stereocenters. The number of aromatic nitrogens is 1. The number of aromatic carboxylic acids is 1. The first-order valence-electron chi connectivity index (χ1n) is 5.42. The lowest BCUT2D eigenvalue weighted by atomic mass is 10.1. The second kappa shape index (κ2) is 4.97. The number of carboxylic acid groups (broad SMARTS) is 1. The number of benzene rings is 1. The number of carboxylic acids is 1. The molecule has 0 spiro atoms. The molecule has 0 radical (unpaired) electrons. The number of nitrogens with zero attached hydrogens (tertiary/aromatic N) is 1. The third-order valence-corrected chi connectivity index (χ3v) is 3.73. The van der Waals surface area contributed by atoms with Crippen LogP contribution in [0.5, 0.6) is 5.75 Å². The average Bonchev–Trinajstić information content (AvgIpc) is 2.86. The summed E-state index contributed by atoms with van der Waals surface area (Å²) in [6.45, 7) is 0. The Labute approximate surface area is 114 Å². The first-order valence-corrected chi connectivity index (χ1v) is 7.31. The van der Waals surface area contributed by atoms with Crippen LogP contribution in [-0.2, 0) is 9.84 Å².